The van der Waals surface area contributed by atoms with Crippen LogP contribution in [0.3, 0.4) is 0 Å². The highest BCUT2D eigenvalue weighted by molar-refractivity contribution is 6.11. The first-order valence-corrected chi connectivity index (χ1v) is 14.9. The Labute approximate surface area is 259 Å². The predicted molar refractivity (Wildman–Crippen MR) is 167 cm³/mol. The number of carbonyl (C=O) groups is 4. The van der Waals surface area contributed by atoms with E-state index in [0.717, 1.165) is 55.5 Å². The standard InChI is InChI=1S/C26H31N7O4.C5H5NO2/c1-17-12-18-13-20(7-8-22(18)37-17)29-26(31-24(35)19-14-27-28-15-19)30-21-6-2-3-11-33(25(21)36)16-23(34)32-9-4-5-10-32;7-5(8)4-1-2-6-3-4/h7-8,12-15,21H,2-6,9-11,16H2,1H3,(H,27,28)(H2,29,30,31,35);1,3H,2H2,(H,7,8)/t21-;/m0./s1. The van der Waals surface area contributed by atoms with Gasteiger partial charge in [0.15, 0.2) is 0 Å². The van der Waals surface area contributed by atoms with E-state index < -0.39 is 17.9 Å². The lowest BCUT2D eigenvalue weighted by Crippen LogP contribution is -2.45. The molecule has 1 aromatic carbocycles. The van der Waals surface area contributed by atoms with Gasteiger partial charge in [-0.1, -0.05) is 0 Å². The number of carboxylic acids is 1. The molecule has 2 saturated heterocycles. The highest BCUT2D eigenvalue weighted by atomic mass is 16.4. The maximum atomic E-state index is 13.5. The quantitative estimate of drug-likeness (QED) is 0.240. The lowest BCUT2D eigenvalue weighted by atomic mass is 10.1. The Morgan fingerprint density at radius 2 is 1.93 bits per heavy atom. The molecule has 0 radical (unpaired) electrons. The Bertz CT molecular complexity index is 1630. The van der Waals surface area contributed by atoms with Gasteiger partial charge in [0.2, 0.25) is 17.8 Å². The number of hydrogen-bond donors (Lipinski definition) is 4. The first kappa shape index (κ1) is 31.2. The van der Waals surface area contributed by atoms with Gasteiger partial charge in [-0.2, -0.15) is 5.10 Å². The van der Waals surface area contributed by atoms with Gasteiger partial charge in [-0.3, -0.25) is 29.8 Å². The summed E-state index contributed by atoms with van der Waals surface area (Å²) in [6.07, 6.45) is 9.95. The summed E-state index contributed by atoms with van der Waals surface area (Å²) in [5.41, 5.74) is 2.06. The zero-order valence-electron chi connectivity index (χ0n) is 25.0. The summed E-state index contributed by atoms with van der Waals surface area (Å²) in [5.74, 6) is -0.596. The van der Waals surface area contributed by atoms with E-state index in [4.69, 9.17) is 9.52 Å². The summed E-state index contributed by atoms with van der Waals surface area (Å²) in [4.78, 5) is 60.8. The number of carbonyl (C=O) groups excluding carboxylic acids is 3. The number of amides is 3. The number of anilines is 1. The van der Waals surface area contributed by atoms with Gasteiger partial charge in [0.05, 0.1) is 30.4 Å². The SMILES string of the molecule is Cc1cc2cc(NC(=N[C@H]3CCCCN(CC(=O)N4CCCC4)C3=O)NC(=O)c3cn[nH]c3)ccc2o1.O=C(O)C1=CCN=C1. The topological polar surface area (TPSA) is 186 Å². The summed E-state index contributed by atoms with van der Waals surface area (Å²) in [7, 11) is 0. The first-order chi connectivity index (χ1) is 21.8. The van der Waals surface area contributed by atoms with Crippen LogP contribution in [-0.4, -0.2) is 99.7 Å². The number of aliphatic carboxylic acids is 1. The van der Waals surface area contributed by atoms with Crippen molar-refractivity contribution in [3.8, 4) is 0 Å². The fourth-order valence-electron chi connectivity index (χ4n) is 5.29. The number of aromatic amines is 1. The van der Waals surface area contributed by atoms with Crippen molar-refractivity contribution < 1.29 is 28.7 Å². The van der Waals surface area contributed by atoms with Crippen LogP contribution in [0.4, 0.5) is 5.69 Å². The molecule has 3 aliphatic heterocycles. The lowest BCUT2D eigenvalue weighted by Gasteiger charge is -2.25. The summed E-state index contributed by atoms with van der Waals surface area (Å²) < 4.78 is 5.65. The van der Waals surface area contributed by atoms with E-state index in [1.54, 1.807) is 11.0 Å². The summed E-state index contributed by atoms with van der Waals surface area (Å²) >= 11 is 0. The molecular formula is C31H36N8O6. The molecule has 3 aromatic rings. The van der Waals surface area contributed by atoms with Crippen LogP contribution in [-0.2, 0) is 14.4 Å². The number of carboxylic acid groups (broad SMARTS) is 1. The normalized spacial score (nSPS) is 18.3. The fourth-order valence-corrected chi connectivity index (χ4v) is 5.29. The molecule has 6 rings (SSSR count). The molecule has 2 aromatic heterocycles. The van der Waals surface area contributed by atoms with Gasteiger partial charge in [-0.05, 0) is 69.4 Å². The van der Waals surface area contributed by atoms with Crippen molar-refractivity contribution in [1.29, 1.82) is 0 Å². The molecule has 4 N–H and O–H groups in total. The molecule has 0 saturated carbocycles. The average molecular weight is 617 g/mol. The van der Waals surface area contributed by atoms with E-state index >= 15 is 0 Å². The highest BCUT2D eigenvalue weighted by Crippen LogP contribution is 2.23. The maximum absolute atomic E-state index is 13.5. The molecule has 0 unspecified atom stereocenters. The van der Waals surface area contributed by atoms with Crippen molar-refractivity contribution >= 4 is 52.5 Å². The molecule has 0 aliphatic carbocycles. The Kier molecular flexibility index (Phi) is 10.0. The van der Waals surface area contributed by atoms with Crippen molar-refractivity contribution in [3.63, 3.8) is 0 Å². The third-order valence-electron chi connectivity index (χ3n) is 7.61. The number of nitrogens with one attached hydrogen (secondary N) is 3. The second-order valence-electron chi connectivity index (χ2n) is 11.0. The average Bonchev–Trinajstić information content (AvgIpc) is 3.84. The lowest BCUT2D eigenvalue weighted by molar-refractivity contribution is -0.140. The third-order valence-corrected chi connectivity index (χ3v) is 7.61. The number of H-pyrrole nitrogens is 1. The van der Waals surface area contributed by atoms with Gasteiger partial charge in [0.25, 0.3) is 5.91 Å². The second kappa shape index (κ2) is 14.5. The molecular weight excluding hydrogens is 580 g/mol. The van der Waals surface area contributed by atoms with Gasteiger partial charge in [0.1, 0.15) is 17.4 Å². The van der Waals surface area contributed by atoms with Gasteiger partial charge in [0, 0.05) is 43.1 Å². The van der Waals surface area contributed by atoms with Crippen LogP contribution in [0, 0.1) is 6.92 Å². The van der Waals surface area contributed by atoms with Crippen molar-refractivity contribution in [3.05, 3.63) is 59.6 Å². The second-order valence-corrected chi connectivity index (χ2v) is 11.0. The number of nitrogens with zero attached hydrogens (tertiary/aromatic N) is 5. The molecule has 1 atom stereocenters. The summed E-state index contributed by atoms with van der Waals surface area (Å²) in [5, 5.41) is 21.5. The zero-order chi connectivity index (χ0) is 31.8. The number of guanidine groups is 1. The predicted octanol–water partition coefficient (Wildman–Crippen LogP) is 2.75. The Balaban J connectivity index is 0.000000436. The van der Waals surface area contributed by atoms with Crippen molar-refractivity contribution in [1.82, 2.24) is 25.3 Å². The minimum absolute atomic E-state index is 0.0224. The van der Waals surface area contributed by atoms with Crippen LogP contribution in [0.15, 0.2) is 62.7 Å². The van der Waals surface area contributed by atoms with E-state index in [2.05, 4.69) is 30.8 Å². The van der Waals surface area contributed by atoms with Crippen LogP contribution in [0.1, 0.15) is 48.2 Å². The smallest absolute Gasteiger partial charge is 0.336 e. The van der Waals surface area contributed by atoms with Crippen LogP contribution >= 0.6 is 0 Å². The number of furan rings is 1. The number of aromatic nitrogens is 2. The number of likely N-dealkylation sites (tertiary alicyclic amines) is 2. The molecule has 45 heavy (non-hydrogen) atoms. The van der Waals surface area contributed by atoms with Gasteiger partial charge in [-0.25, -0.2) is 9.79 Å². The molecule has 0 bridgehead atoms. The third kappa shape index (κ3) is 8.22. The van der Waals surface area contributed by atoms with Gasteiger partial charge < -0.3 is 24.6 Å². The summed E-state index contributed by atoms with van der Waals surface area (Å²) in [6.45, 7) is 4.47. The van der Waals surface area contributed by atoms with E-state index in [9.17, 15) is 19.2 Å². The van der Waals surface area contributed by atoms with Crippen LogP contribution in [0.5, 0.6) is 0 Å². The molecule has 5 heterocycles. The van der Waals surface area contributed by atoms with Gasteiger partial charge >= 0.3 is 5.97 Å². The fraction of sp³-hybridized carbons (Fsp3) is 0.387. The number of fused-ring (bicyclic) bond motifs is 1. The molecule has 14 nitrogen and oxygen atoms in total. The number of benzene rings is 1. The maximum Gasteiger partial charge on any atom is 0.336 e. The molecule has 2 fully saturated rings. The Morgan fingerprint density at radius 3 is 2.62 bits per heavy atom. The van der Waals surface area contributed by atoms with E-state index in [0.29, 0.717) is 36.3 Å². The first-order valence-electron chi connectivity index (χ1n) is 14.9. The van der Waals surface area contributed by atoms with Crippen LogP contribution in [0.2, 0.25) is 0 Å². The number of aryl methyl sites for hydroxylation is 1. The molecule has 3 aliphatic rings. The van der Waals surface area contributed by atoms with Crippen molar-refractivity contribution in [2.75, 3.05) is 38.0 Å². The largest absolute Gasteiger partial charge is 0.478 e. The van der Waals surface area contributed by atoms with Crippen molar-refractivity contribution in [2.24, 2.45) is 9.98 Å². The molecule has 14 heteroatoms. The zero-order valence-corrected chi connectivity index (χ0v) is 25.0. The highest BCUT2D eigenvalue weighted by Gasteiger charge is 2.30. The van der Waals surface area contributed by atoms with E-state index in [-0.39, 0.29) is 24.3 Å². The Hall–Kier alpha value is -5.27. The van der Waals surface area contributed by atoms with E-state index in [1.807, 2.05) is 36.1 Å². The number of hydrogen-bond acceptors (Lipinski definition) is 8. The Morgan fingerprint density at radius 1 is 1.13 bits per heavy atom. The van der Waals surface area contributed by atoms with Crippen LogP contribution in [0.25, 0.3) is 11.0 Å². The summed E-state index contributed by atoms with van der Waals surface area (Å²) in [6, 6.07) is 6.75. The van der Waals surface area contributed by atoms with Gasteiger partial charge in [-0.15, -0.1) is 0 Å². The molecule has 3 amide bonds. The molecule has 0 spiro atoms. The minimum atomic E-state index is -0.897. The van der Waals surface area contributed by atoms with Crippen LogP contribution < -0.4 is 10.6 Å². The number of rotatable bonds is 6. The van der Waals surface area contributed by atoms with Crippen molar-refractivity contribution in [2.45, 2.75) is 45.1 Å². The monoisotopic (exact) mass is 616 g/mol. The minimum Gasteiger partial charge on any atom is -0.478 e. The molecule has 236 valence electrons. The van der Waals surface area contributed by atoms with E-state index in [1.165, 1.54) is 18.6 Å². The number of aliphatic imine (C=N–C) groups is 2.